The van der Waals surface area contributed by atoms with Crippen LogP contribution in [0.2, 0.25) is 0 Å². The average molecular weight is 293 g/mol. The van der Waals surface area contributed by atoms with Gasteiger partial charge in [-0.1, -0.05) is 20.8 Å². The molecule has 2 N–H and O–H groups in total. The van der Waals surface area contributed by atoms with Crippen molar-refractivity contribution < 1.29 is 4.42 Å². The quantitative estimate of drug-likeness (QED) is 0.839. The fraction of sp³-hybridized carbons (Fsp3) is 0.765. The molecule has 0 spiro atoms. The monoisotopic (exact) mass is 293 g/mol. The van der Waals surface area contributed by atoms with E-state index in [0.29, 0.717) is 6.04 Å². The fourth-order valence-corrected chi connectivity index (χ4v) is 3.56. The summed E-state index contributed by atoms with van der Waals surface area (Å²) >= 11 is 0. The van der Waals surface area contributed by atoms with Gasteiger partial charge in [-0.3, -0.25) is 9.80 Å². The van der Waals surface area contributed by atoms with Crippen molar-refractivity contribution in [3.05, 3.63) is 23.7 Å². The van der Waals surface area contributed by atoms with Crippen LogP contribution in [0.25, 0.3) is 0 Å². The zero-order valence-electron chi connectivity index (χ0n) is 14.0. The van der Waals surface area contributed by atoms with Crippen molar-refractivity contribution in [3.8, 4) is 0 Å². The second kappa shape index (κ2) is 7.43. The van der Waals surface area contributed by atoms with E-state index in [-0.39, 0.29) is 12.1 Å². The van der Waals surface area contributed by atoms with Crippen molar-refractivity contribution in [1.82, 2.24) is 9.80 Å². The number of hydrogen-bond donors (Lipinski definition) is 1. The Bertz CT molecular complexity index is 427. The molecule has 3 atom stereocenters. The zero-order chi connectivity index (χ0) is 15.4. The number of rotatable bonds is 7. The minimum Gasteiger partial charge on any atom is -0.465 e. The third-order valence-electron chi connectivity index (χ3n) is 4.85. The summed E-state index contributed by atoms with van der Waals surface area (Å²) in [7, 11) is 0. The maximum Gasteiger partial charge on any atom is 0.122 e. The van der Waals surface area contributed by atoms with E-state index in [2.05, 4.69) is 36.6 Å². The summed E-state index contributed by atoms with van der Waals surface area (Å²) in [5.74, 6) is 2.00. The Morgan fingerprint density at radius 2 is 2.05 bits per heavy atom. The molecule has 0 aromatic carbocycles. The van der Waals surface area contributed by atoms with Crippen LogP contribution in [-0.2, 0) is 0 Å². The molecule has 1 fully saturated rings. The molecule has 0 aliphatic carbocycles. The predicted octanol–water partition coefficient (Wildman–Crippen LogP) is 2.78. The van der Waals surface area contributed by atoms with E-state index in [9.17, 15) is 0 Å². The Morgan fingerprint density at radius 3 is 2.57 bits per heavy atom. The number of likely N-dealkylation sites (tertiary alicyclic amines) is 1. The summed E-state index contributed by atoms with van der Waals surface area (Å²) in [6.45, 7) is 13.1. The molecule has 4 nitrogen and oxygen atoms in total. The van der Waals surface area contributed by atoms with Crippen LogP contribution < -0.4 is 5.73 Å². The maximum atomic E-state index is 6.41. The van der Waals surface area contributed by atoms with Crippen molar-refractivity contribution in [3.63, 3.8) is 0 Å². The molecule has 3 unspecified atom stereocenters. The highest BCUT2D eigenvalue weighted by molar-refractivity contribution is 5.13. The Labute approximate surface area is 129 Å². The summed E-state index contributed by atoms with van der Waals surface area (Å²) in [6.07, 6.45) is 2.20. The molecule has 1 aromatic heterocycles. The van der Waals surface area contributed by atoms with Crippen LogP contribution in [0.4, 0.5) is 0 Å². The highest BCUT2D eigenvalue weighted by atomic mass is 16.3. The molecular weight excluding hydrogens is 262 g/mol. The minimum atomic E-state index is 0.131. The molecule has 1 aliphatic rings. The van der Waals surface area contributed by atoms with Crippen LogP contribution in [0.15, 0.2) is 16.5 Å². The molecule has 0 radical (unpaired) electrons. The molecule has 1 aromatic rings. The van der Waals surface area contributed by atoms with Gasteiger partial charge in [-0.2, -0.15) is 0 Å². The first-order valence-electron chi connectivity index (χ1n) is 8.40. The summed E-state index contributed by atoms with van der Waals surface area (Å²) in [5.41, 5.74) is 6.41. The lowest BCUT2D eigenvalue weighted by atomic mass is 10.0. The smallest absolute Gasteiger partial charge is 0.122 e. The van der Waals surface area contributed by atoms with Gasteiger partial charge in [0.25, 0.3) is 0 Å². The first kappa shape index (κ1) is 16.5. The topological polar surface area (TPSA) is 45.6 Å². The number of furan rings is 1. The van der Waals surface area contributed by atoms with Crippen LogP contribution in [0.1, 0.15) is 51.2 Å². The molecule has 1 saturated heterocycles. The second-order valence-corrected chi connectivity index (χ2v) is 6.12. The van der Waals surface area contributed by atoms with Gasteiger partial charge in [0.1, 0.15) is 11.5 Å². The van der Waals surface area contributed by atoms with Gasteiger partial charge < -0.3 is 10.2 Å². The van der Waals surface area contributed by atoms with E-state index < -0.39 is 0 Å². The van der Waals surface area contributed by atoms with E-state index in [0.717, 1.165) is 44.1 Å². The highest BCUT2D eigenvalue weighted by Gasteiger charge is 2.35. The van der Waals surface area contributed by atoms with Crippen molar-refractivity contribution in [2.24, 2.45) is 5.73 Å². The SMILES string of the molecule is CCC(N)C(c1ccc(C)o1)N1CCC(N(CC)CC)C1. The zero-order valence-corrected chi connectivity index (χ0v) is 14.0. The van der Waals surface area contributed by atoms with E-state index in [1.54, 1.807) is 0 Å². The summed E-state index contributed by atoms with van der Waals surface area (Å²) in [4.78, 5) is 5.08. The van der Waals surface area contributed by atoms with E-state index >= 15 is 0 Å². The minimum absolute atomic E-state index is 0.131. The Balaban J connectivity index is 2.12. The highest BCUT2D eigenvalue weighted by Crippen LogP contribution is 2.31. The molecule has 0 amide bonds. The summed E-state index contributed by atoms with van der Waals surface area (Å²) < 4.78 is 5.89. The van der Waals surface area contributed by atoms with Gasteiger partial charge in [0.05, 0.1) is 6.04 Å². The van der Waals surface area contributed by atoms with Gasteiger partial charge in [0.15, 0.2) is 0 Å². The molecule has 4 heteroatoms. The third-order valence-corrected chi connectivity index (χ3v) is 4.85. The lowest BCUT2D eigenvalue weighted by Gasteiger charge is -2.32. The van der Waals surface area contributed by atoms with Gasteiger partial charge in [0.2, 0.25) is 0 Å². The molecule has 0 saturated carbocycles. The van der Waals surface area contributed by atoms with E-state index in [4.69, 9.17) is 10.2 Å². The van der Waals surface area contributed by atoms with Crippen LogP contribution in [-0.4, -0.2) is 48.1 Å². The van der Waals surface area contributed by atoms with Gasteiger partial charge in [-0.25, -0.2) is 0 Å². The molecule has 2 rings (SSSR count). The number of hydrogen-bond acceptors (Lipinski definition) is 4. The van der Waals surface area contributed by atoms with E-state index in [1.807, 2.05) is 13.0 Å². The first-order valence-corrected chi connectivity index (χ1v) is 8.40. The lowest BCUT2D eigenvalue weighted by molar-refractivity contribution is 0.155. The number of nitrogens with zero attached hydrogens (tertiary/aromatic N) is 2. The number of aryl methyl sites for hydroxylation is 1. The fourth-order valence-electron chi connectivity index (χ4n) is 3.56. The van der Waals surface area contributed by atoms with Gasteiger partial charge in [-0.05, 0) is 45.0 Å². The average Bonchev–Trinajstić information content (AvgIpc) is 3.11. The van der Waals surface area contributed by atoms with Crippen molar-refractivity contribution >= 4 is 0 Å². The van der Waals surface area contributed by atoms with Crippen LogP contribution >= 0.6 is 0 Å². The normalized spacial score (nSPS) is 22.9. The summed E-state index contributed by atoms with van der Waals surface area (Å²) in [5, 5.41) is 0. The van der Waals surface area contributed by atoms with Gasteiger partial charge in [-0.15, -0.1) is 0 Å². The van der Waals surface area contributed by atoms with Crippen molar-refractivity contribution in [1.29, 1.82) is 0 Å². The first-order chi connectivity index (χ1) is 10.1. The number of likely N-dealkylation sites (N-methyl/N-ethyl adjacent to an activating group) is 1. The van der Waals surface area contributed by atoms with Gasteiger partial charge >= 0.3 is 0 Å². The number of nitrogens with two attached hydrogens (primary N) is 1. The van der Waals surface area contributed by atoms with Crippen molar-refractivity contribution in [2.45, 2.75) is 58.7 Å². The molecule has 0 bridgehead atoms. The molecule has 1 aliphatic heterocycles. The van der Waals surface area contributed by atoms with E-state index in [1.165, 1.54) is 6.42 Å². The summed E-state index contributed by atoms with van der Waals surface area (Å²) in [6, 6.07) is 5.14. The largest absolute Gasteiger partial charge is 0.465 e. The van der Waals surface area contributed by atoms with Crippen LogP contribution in [0.5, 0.6) is 0 Å². The second-order valence-electron chi connectivity index (χ2n) is 6.12. The molecule has 2 heterocycles. The van der Waals surface area contributed by atoms with Crippen LogP contribution in [0.3, 0.4) is 0 Å². The standard InChI is InChI=1S/C17H31N3O/c1-5-15(18)17(16-9-8-13(4)21-16)20-11-10-14(12-20)19(6-2)7-3/h8-9,14-15,17H,5-7,10-12,18H2,1-4H3. The van der Waals surface area contributed by atoms with Crippen molar-refractivity contribution in [2.75, 3.05) is 26.2 Å². The van der Waals surface area contributed by atoms with Crippen LogP contribution in [0, 0.1) is 6.92 Å². The molecular formula is C17H31N3O. The third kappa shape index (κ3) is 3.68. The molecule has 120 valence electrons. The predicted molar refractivity (Wildman–Crippen MR) is 87.4 cm³/mol. The van der Waals surface area contributed by atoms with Gasteiger partial charge in [0, 0.05) is 25.2 Å². The Morgan fingerprint density at radius 1 is 1.33 bits per heavy atom. The maximum absolute atomic E-state index is 6.41. The lowest BCUT2D eigenvalue weighted by Crippen LogP contribution is -2.42. The Hall–Kier alpha value is -0.840. The Kier molecular flexibility index (Phi) is 5.85. The molecule has 21 heavy (non-hydrogen) atoms.